The lowest BCUT2D eigenvalue weighted by atomic mass is 9.88. The van der Waals surface area contributed by atoms with Gasteiger partial charge in [-0.2, -0.15) is 0 Å². The maximum absolute atomic E-state index is 12.3. The lowest BCUT2D eigenvalue weighted by Gasteiger charge is -2.18. The van der Waals surface area contributed by atoms with Gasteiger partial charge in [0.25, 0.3) is 0 Å². The summed E-state index contributed by atoms with van der Waals surface area (Å²) in [5.74, 6) is -1.13. The van der Waals surface area contributed by atoms with E-state index in [0.717, 1.165) is 11.1 Å². The van der Waals surface area contributed by atoms with Crippen molar-refractivity contribution in [3.63, 3.8) is 0 Å². The van der Waals surface area contributed by atoms with Gasteiger partial charge in [0.15, 0.2) is 6.10 Å². The van der Waals surface area contributed by atoms with E-state index in [0.29, 0.717) is 6.42 Å². The molecule has 1 atom stereocenters. The van der Waals surface area contributed by atoms with Crippen LogP contribution in [0.4, 0.5) is 0 Å². The molecule has 0 saturated heterocycles. The number of ether oxygens (including phenoxy) is 1. The van der Waals surface area contributed by atoms with Crippen LogP contribution in [0.1, 0.15) is 30.4 Å². The van der Waals surface area contributed by atoms with Crippen molar-refractivity contribution in [1.29, 1.82) is 0 Å². The molecule has 5 nitrogen and oxygen atoms in total. The Morgan fingerprint density at radius 1 is 1.00 bits per heavy atom. The summed E-state index contributed by atoms with van der Waals surface area (Å²) in [4.78, 5) is 23.0. The molecule has 0 radical (unpaired) electrons. The summed E-state index contributed by atoms with van der Waals surface area (Å²) >= 11 is 0. The number of nitrogens with one attached hydrogen (secondary N) is 1. The average molecular weight is 341 g/mol. The first kappa shape index (κ1) is 18.7. The van der Waals surface area contributed by atoms with E-state index < -0.39 is 12.1 Å². The molecule has 1 unspecified atom stereocenters. The molecule has 5 heteroatoms. The van der Waals surface area contributed by atoms with Gasteiger partial charge in [-0.1, -0.05) is 60.7 Å². The fourth-order valence-corrected chi connectivity index (χ4v) is 2.55. The zero-order valence-corrected chi connectivity index (χ0v) is 14.2. The van der Waals surface area contributed by atoms with Crippen LogP contribution in [0, 0.1) is 0 Å². The Morgan fingerprint density at radius 3 is 2.00 bits per heavy atom. The fraction of sp³-hybridized carbons (Fsp3) is 0.300. The van der Waals surface area contributed by atoms with Gasteiger partial charge in [-0.15, -0.1) is 0 Å². The van der Waals surface area contributed by atoms with Gasteiger partial charge in [0.2, 0.25) is 5.91 Å². The highest BCUT2D eigenvalue weighted by Gasteiger charge is 2.18. The van der Waals surface area contributed by atoms with Gasteiger partial charge in [-0.25, -0.2) is 4.79 Å². The summed E-state index contributed by atoms with van der Waals surface area (Å²) in [5.41, 5.74) is 2.17. The highest BCUT2D eigenvalue weighted by atomic mass is 16.5. The van der Waals surface area contributed by atoms with Crippen LogP contribution in [0.2, 0.25) is 0 Å². The van der Waals surface area contributed by atoms with Gasteiger partial charge in [-0.05, 0) is 18.1 Å². The van der Waals surface area contributed by atoms with E-state index in [-0.39, 0.29) is 25.0 Å². The number of carbonyl (C=O) groups is 2. The van der Waals surface area contributed by atoms with E-state index in [1.807, 2.05) is 60.7 Å². The number of aliphatic carboxylic acids is 1. The average Bonchev–Trinajstić information content (AvgIpc) is 2.64. The second-order valence-electron chi connectivity index (χ2n) is 5.78. The minimum Gasteiger partial charge on any atom is -0.479 e. The van der Waals surface area contributed by atoms with Crippen molar-refractivity contribution in [2.75, 3.05) is 13.2 Å². The summed E-state index contributed by atoms with van der Waals surface area (Å²) in [6.45, 7) is 1.91. The SMILES string of the molecule is CC(OCCNC(=O)CC(c1ccccc1)c1ccccc1)C(=O)O. The minimum atomic E-state index is -1.01. The Bertz CT molecular complexity index is 633. The summed E-state index contributed by atoms with van der Waals surface area (Å²) in [6, 6.07) is 19.8. The highest BCUT2D eigenvalue weighted by Crippen LogP contribution is 2.27. The van der Waals surface area contributed by atoms with Crippen LogP contribution in [0.5, 0.6) is 0 Å². The molecule has 2 N–H and O–H groups in total. The molecule has 2 rings (SSSR count). The van der Waals surface area contributed by atoms with Crippen molar-refractivity contribution in [3.8, 4) is 0 Å². The maximum atomic E-state index is 12.3. The number of rotatable bonds is 9. The number of hydrogen-bond acceptors (Lipinski definition) is 3. The van der Waals surface area contributed by atoms with Crippen LogP contribution in [0.25, 0.3) is 0 Å². The fourth-order valence-electron chi connectivity index (χ4n) is 2.55. The van der Waals surface area contributed by atoms with Gasteiger partial charge < -0.3 is 15.2 Å². The number of amides is 1. The normalized spacial score (nSPS) is 11.9. The molecule has 132 valence electrons. The number of carboxylic acids is 1. The van der Waals surface area contributed by atoms with Gasteiger partial charge >= 0.3 is 5.97 Å². The maximum Gasteiger partial charge on any atom is 0.332 e. The van der Waals surface area contributed by atoms with Crippen molar-refractivity contribution < 1.29 is 19.4 Å². The Balaban J connectivity index is 1.93. The van der Waals surface area contributed by atoms with Crippen LogP contribution in [0.3, 0.4) is 0 Å². The topological polar surface area (TPSA) is 75.6 Å². The van der Waals surface area contributed by atoms with E-state index >= 15 is 0 Å². The minimum absolute atomic E-state index is 0.0266. The monoisotopic (exact) mass is 341 g/mol. The lowest BCUT2D eigenvalue weighted by Crippen LogP contribution is -2.31. The van der Waals surface area contributed by atoms with Crippen molar-refractivity contribution in [2.45, 2.75) is 25.4 Å². The molecule has 0 aliphatic rings. The molecule has 0 aromatic heterocycles. The molecule has 0 fully saturated rings. The molecule has 1 amide bonds. The van der Waals surface area contributed by atoms with E-state index in [2.05, 4.69) is 5.32 Å². The second kappa shape index (κ2) is 9.59. The van der Waals surface area contributed by atoms with Gasteiger partial charge in [-0.3, -0.25) is 4.79 Å². The van der Waals surface area contributed by atoms with E-state index in [1.54, 1.807) is 0 Å². The molecule has 0 aliphatic carbocycles. The van der Waals surface area contributed by atoms with E-state index in [9.17, 15) is 9.59 Å². The molecule has 2 aromatic carbocycles. The first-order valence-electron chi connectivity index (χ1n) is 8.29. The highest BCUT2D eigenvalue weighted by molar-refractivity contribution is 5.77. The summed E-state index contributed by atoms with van der Waals surface area (Å²) < 4.78 is 5.11. The second-order valence-corrected chi connectivity index (χ2v) is 5.78. The van der Waals surface area contributed by atoms with Gasteiger partial charge in [0.1, 0.15) is 0 Å². The smallest absolute Gasteiger partial charge is 0.332 e. The summed E-state index contributed by atoms with van der Waals surface area (Å²) in [5, 5.41) is 11.5. The first-order chi connectivity index (χ1) is 12.1. The largest absolute Gasteiger partial charge is 0.479 e. The van der Waals surface area contributed by atoms with Crippen LogP contribution in [-0.4, -0.2) is 36.2 Å². The van der Waals surface area contributed by atoms with Crippen molar-refractivity contribution in [1.82, 2.24) is 5.32 Å². The Hall–Kier alpha value is -2.66. The third kappa shape index (κ3) is 6.04. The van der Waals surface area contributed by atoms with E-state index in [1.165, 1.54) is 6.92 Å². The van der Waals surface area contributed by atoms with Gasteiger partial charge in [0, 0.05) is 18.9 Å². The Kier molecular flexibility index (Phi) is 7.16. The molecule has 0 heterocycles. The Labute approximate surface area is 147 Å². The molecular formula is C20H23NO4. The van der Waals surface area contributed by atoms with Crippen molar-refractivity contribution in [3.05, 3.63) is 71.8 Å². The molecule has 0 aliphatic heterocycles. The molecular weight excluding hydrogens is 318 g/mol. The third-order valence-corrected chi connectivity index (χ3v) is 3.93. The van der Waals surface area contributed by atoms with Crippen LogP contribution >= 0.6 is 0 Å². The quantitative estimate of drug-likeness (QED) is 0.688. The van der Waals surface area contributed by atoms with Crippen LogP contribution in [0.15, 0.2) is 60.7 Å². The third-order valence-electron chi connectivity index (χ3n) is 3.93. The summed E-state index contributed by atoms with van der Waals surface area (Å²) in [6.07, 6.45) is -0.555. The molecule has 25 heavy (non-hydrogen) atoms. The van der Waals surface area contributed by atoms with Crippen LogP contribution < -0.4 is 5.32 Å². The number of benzene rings is 2. The van der Waals surface area contributed by atoms with Crippen molar-refractivity contribution >= 4 is 11.9 Å². The molecule has 2 aromatic rings. The zero-order chi connectivity index (χ0) is 18.1. The van der Waals surface area contributed by atoms with Crippen LogP contribution in [-0.2, 0) is 14.3 Å². The van der Waals surface area contributed by atoms with E-state index in [4.69, 9.17) is 9.84 Å². The van der Waals surface area contributed by atoms with Crippen molar-refractivity contribution in [2.24, 2.45) is 0 Å². The predicted octanol–water partition coefficient (Wildman–Crippen LogP) is 2.81. The Morgan fingerprint density at radius 2 is 1.52 bits per heavy atom. The zero-order valence-electron chi connectivity index (χ0n) is 14.2. The number of carboxylic acid groups (broad SMARTS) is 1. The number of carbonyl (C=O) groups excluding carboxylic acids is 1. The van der Waals surface area contributed by atoms with Gasteiger partial charge in [0.05, 0.1) is 6.61 Å². The predicted molar refractivity (Wildman–Crippen MR) is 95.4 cm³/mol. The standard InChI is InChI=1S/C20H23NO4/c1-15(20(23)24)25-13-12-21-19(22)14-18(16-8-4-2-5-9-16)17-10-6-3-7-11-17/h2-11,15,18H,12-14H2,1H3,(H,21,22)(H,23,24). The molecule has 0 saturated carbocycles. The lowest BCUT2D eigenvalue weighted by molar-refractivity contribution is -0.148. The summed E-state index contributed by atoms with van der Waals surface area (Å²) in [7, 11) is 0. The first-order valence-corrected chi connectivity index (χ1v) is 8.29. The molecule has 0 bridgehead atoms. The molecule has 0 spiro atoms. The number of hydrogen-bond donors (Lipinski definition) is 2.